The van der Waals surface area contributed by atoms with E-state index < -0.39 is 34.8 Å². The molecule has 0 fully saturated rings. The lowest BCUT2D eigenvalue weighted by atomic mass is 10.1. The highest BCUT2D eigenvalue weighted by Gasteiger charge is 2.14. The minimum absolute atomic E-state index is 0.147. The second-order valence-electron chi connectivity index (χ2n) is 5.16. The molecule has 0 bridgehead atoms. The Morgan fingerprint density at radius 3 is 2.78 bits per heavy atom. The van der Waals surface area contributed by atoms with Crippen LogP contribution in [-0.2, 0) is 18.3 Å². The lowest BCUT2D eigenvalue weighted by Crippen LogP contribution is -2.37. The van der Waals surface area contributed by atoms with Crippen molar-refractivity contribution < 1.29 is 14.3 Å². The molecular formula is C15H16FN3O4. The van der Waals surface area contributed by atoms with Gasteiger partial charge in [0, 0.05) is 18.8 Å². The fourth-order valence-electron chi connectivity index (χ4n) is 2.08. The number of hydrogen-bond donors (Lipinski definition) is 3. The van der Waals surface area contributed by atoms with E-state index in [4.69, 9.17) is 5.11 Å². The number of H-pyrrole nitrogens is 1. The Balaban J connectivity index is 2.10. The van der Waals surface area contributed by atoms with Crippen LogP contribution in [0, 0.1) is 5.82 Å². The van der Waals surface area contributed by atoms with Gasteiger partial charge < -0.3 is 15.4 Å². The Hall–Kier alpha value is -2.90. The zero-order valence-electron chi connectivity index (χ0n) is 12.6. The SMILES string of the molecule is C[C@@H](NC(=O)Cc1c[nH]c(=O)n(C)c1=O)c1ccc(O)c(F)c1. The molecule has 3 N–H and O–H groups in total. The van der Waals surface area contributed by atoms with E-state index in [1.165, 1.54) is 25.4 Å². The number of carbonyl (C=O) groups excluding carboxylic acids is 1. The van der Waals surface area contributed by atoms with Gasteiger partial charge in [-0.25, -0.2) is 9.18 Å². The number of nitrogens with zero attached hydrogens (tertiary/aromatic N) is 1. The van der Waals surface area contributed by atoms with Crippen molar-refractivity contribution in [3.8, 4) is 5.75 Å². The predicted octanol–water partition coefficient (Wildman–Crippen LogP) is 0.338. The zero-order chi connectivity index (χ0) is 17.1. The molecule has 1 heterocycles. The molecule has 1 atom stereocenters. The lowest BCUT2D eigenvalue weighted by Gasteiger charge is -2.14. The van der Waals surface area contributed by atoms with E-state index in [1.54, 1.807) is 6.92 Å². The van der Waals surface area contributed by atoms with Crippen molar-refractivity contribution >= 4 is 5.91 Å². The smallest absolute Gasteiger partial charge is 0.328 e. The van der Waals surface area contributed by atoms with Crippen molar-refractivity contribution in [3.63, 3.8) is 0 Å². The summed E-state index contributed by atoms with van der Waals surface area (Å²) in [5, 5.41) is 11.8. The van der Waals surface area contributed by atoms with Crippen molar-refractivity contribution in [1.82, 2.24) is 14.9 Å². The molecule has 2 rings (SSSR count). The topological polar surface area (TPSA) is 104 Å². The van der Waals surface area contributed by atoms with Gasteiger partial charge in [0.1, 0.15) is 0 Å². The highest BCUT2D eigenvalue weighted by atomic mass is 19.1. The third-order valence-electron chi connectivity index (χ3n) is 3.45. The van der Waals surface area contributed by atoms with E-state index >= 15 is 0 Å². The quantitative estimate of drug-likeness (QED) is 0.755. The minimum atomic E-state index is -0.780. The van der Waals surface area contributed by atoms with Crippen LogP contribution in [0.5, 0.6) is 5.75 Å². The van der Waals surface area contributed by atoms with Gasteiger partial charge in [-0.05, 0) is 24.6 Å². The molecule has 122 valence electrons. The van der Waals surface area contributed by atoms with Gasteiger partial charge in [0.25, 0.3) is 5.56 Å². The second kappa shape index (κ2) is 6.47. The first kappa shape index (κ1) is 16.5. The fraction of sp³-hybridized carbons (Fsp3) is 0.267. The van der Waals surface area contributed by atoms with Crippen LogP contribution in [0.1, 0.15) is 24.1 Å². The molecule has 0 aliphatic carbocycles. The lowest BCUT2D eigenvalue weighted by molar-refractivity contribution is -0.121. The zero-order valence-corrected chi connectivity index (χ0v) is 12.6. The average molecular weight is 321 g/mol. The summed E-state index contributed by atoms with van der Waals surface area (Å²) in [7, 11) is 1.31. The van der Waals surface area contributed by atoms with Gasteiger partial charge in [-0.2, -0.15) is 0 Å². The number of phenolic OH excluding ortho intramolecular Hbond substituents is 1. The van der Waals surface area contributed by atoms with Crippen LogP contribution in [0.25, 0.3) is 0 Å². The van der Waals surface area contributed by atoms with Gasteiger partial charge >= 0.3 is 5.69 Å². The summed E-state index contributed by atoms with van der Waals surface area (Å²) < 4.78 is 14.2. The molecule has 8 heteroatoms. The fourth-order valence-corrected chi connectivity index (χ4v) is 2.08. The highest BCUT2D eigenvalue weighted by Crippen LogP contribution is 2.20. The monoisotopic (exact) mass is 321 g/mol. The number of amides is 1. The molecule has 0 aliphatic rings. The molecule has 2 aromatic rings. The molecule has 1 aromatic heterocycles. The normalized spacial score (nSPS) is 12.0. The molecule has 1 amide bonds. The molecule has 7 nitrogen and oxygen atoms in total. The van der Waals surface area contributed by atoms with Gasteiger partial charge in [0.05, 0.1) is 12.5 Å². The van der Waals surface area contributed by atoms with Crippen LogP contribution < -0.4 is 16.6 Å². The summed E-state index contributed by atoms with van der Waals surface area (Å²) >= 11 is 0. The Bertz CT molecular complexity index is 857. The third-order valence-corrected chi connectivity index (χ3v) is 3.45. The molecule has 0 aliphatic heterocycles. The third kappa shape index (κ3) is 3.65. The maximum atomic E-state index is 13.3. The van der Waals surface area contributed by atoms with E-state index in [9.17, 15) is 18.8 Å². The van der Waals surface area contributed by atoms with Gasteiger partial charge in [-0.1, -0.05) is 6.07 Å². The molecule has 0 radical (unpaired) electrons. The van der Waals surface area contributed by atoms with Gasteiger partial charge in [-0.3, -0.25) is 14.2 Å². The Kier molecular flexibility index (Phi) is 4.63. The molecule has 23 heavy (non-hydrogen) atoms. The Morgan fingerprint density at radius 2 is 2.13 bits per heavy atom. The molecule has 1 aromatic carbocycles. The highest BCUT2D eigenvalue weighted by molar-refractivity contribution is 5.78. The second-order valence-corrected chi connectivity index (χ2v) is 5.16. The van der Waals surface area contributed by atoms with Crippen LogP contribution in [0.3, 0.4) is 0 Å². The van der Waals surface area contributed by atoms with Gasteiger partial charge in [-0.15, -0.1) is 0 Å². The molecule has 0 saturated carbocycles. The van der Waals surface area contributed by atoms with Crippen molar-refractivity contribution in [3.05, 3.63) is 62.2 Å². The van der Waals surface area contributed by atoms with Crippen LogP contribution in [-0.4, -0.2) is 20.6 Å². The number of hydrogen-bond acceptors (Lipinski definition) is 4. The van der Waals surface area contributed by atoms with E-state index in [0.29, 0.717) is 5.56 Å². The first-order valence-corrected chi connectivity index (χ1v) is 6.85. The maximum Gasteiger partial charge on any atom is 0.328 e. The van der Waals surface area contributed by atoms with Crippen molar-refractivity contribution in [1.29, 1.82) is 0 Å². The van der Waals surface area contributed by atoms with Crippen LogP contribution in [0.2, 0.25) is 0 Å². The largest absolute Gasteiger partial charge is 0.505 e. The average Bonchev–Trinajstić information content (AvgIpc) is 2.50. The summed E-state index contributed by atoms with van der Waals surface area (Å²) in [6.07, 6.45) is 0.990. The number of benzene rings is 1. The number of aromatic amines is 1. The van der Waals surface area contributed by atoms with Gasteiger partial charge in [0.2, 0.25) is 5.91 Å². The van der Waals surface area contributed by atoms with Crippen LogP contribution in [0.4, 0.5) is 4.39 Å². The number of carbonyl (C=O) groups is 1. The number of aromatic nitrogens is 2. The minimum Gasteiger partial charge on any atom is -0.505 e. The summed E-state index contributed by atoms with van der Waals surface area (Å²) in [6, 6.07) is 3.30. The van der Waals surface area contributed by atoms with E-state index in [-0.39, 0.29) is 12.0 Å². The number of phenols is 1. The van der Waals surface area contributed by atoms with Gasteiger partial charge in [0.15, 0.2) is 11.6 Å². The summed E-state index contributed by atoms with van der Waals surface area (Å²) in [4.78, 5) is 37.5. The van der Waals surface area contributed by atoms with E-state index in [2.05, 4.69) is 10.3 Å². The Labute approximate surface area is 130 Å². The standard InChI is InChI=1S/C15H16FN3O4/c1-8(9-3-4-12(20)11(16)5-9)18-13(21)6-10-7-17-15(23)19(2)14(10)22/h3-5,7-8,20H,6H2,1-2H3,(H,17,23)(H,18,21)/t8-/m1/s1. The Morgan fingerprint density at radius 1 is 1.43 bits per heavy atom. The van der Waals surface area contributed by atoms with E-state index in [1.807, 2.05) is 0 Å². The molecule has 0 saturated heterocycles. The first-order valence-electron chi connectivity index (χ1n) is 6.85. The van der Waals surface area contributed by atoms with Crippen LogP contribution in [0.15, 0.2) is 34.0 Å². The summed E-state index contributed by atoms with van der Waals surface area (Å²) in [5.41, 5.74) is -0.490. The van der Waals surface area contributed by atoms with Crippen molar-refractivity contribution in [2.24, 2.45) is 7.05 Å². The molecule has 0 spiro atoms. The van der Waals surface area contributed by atoms with Crippen molar-refractivity contribution in [2.75, 3.05) is 0 Å². The molecule has 0 unspecified atom stereocenters. The summed E-state index contributed by atoms with van der Waals surface area (Å²) in [6.45, 7) is 1.65. The summed E-state index contributed by atoms with van der Waals surface area (Å²) in [5.74, 6) is -1.70. The van der Waals surface area contributed by atoms with E-state index in [0.717, 1.165) is 10.6 Å². The number of aromatic hydroxyl groups is 1. The number of halogens is 1. The number of rotatable bonds is 4. The molecular weight excluding hydrogens is 305 g/mol. The van der Waals surface area contributed by atoms with Crippen LogP contribution >= 0.6 is 0 Å². The predicted molar refractivity (Wildman–Crippen MR) is 80.6 cm³/mol. The first-order chi connectivity index (χ1) is 10.8. The van der Waals surface area contributed by atoms with Crippen molar-refractivity contribution in [2.45, 2.75) is 19.4 Å². The maximum absolute atomic E-state index is 13.3. The number of nitrogens with one attached hydrogen (secondary N) is 2.